The molecule has 32 heavy (non-hydrogen) atoms. The highest BCUT2D eigenvalue weighted by Crippen LogP contribution is 2.34. The van der Waals surface area contributed by atoms with E-state index in [4.69, 9.17) is 9.47 Å². The third-order valence-corrected chi connectivity index (χ3v) is 7.38. The van der Waals surface area contributed by atoms with E-state index in [1.807, 2.05) is 32.9 Å². The third-order valence-electron chi connectivity index (χ3n) is 5.35. The van der Waals surface area contributed by atoms with Gasteiger partial charge in [0.1, 0.15) is 0 Å². The van der Waals surface area contributed by atoms with Crippen molar-refractivity contribution >= 4 is 27.7 Å². The van der Waals surface area contributed by atoms with Gasteiger partial charge in [-0.2, -0.15) is 4.31 Å². The number of hydrogen-bond donors (Lipinski definition) is 1. The Morgan fingerprint density at radius 3 is 2.25 bits per heavy atom. The molecule has 0 aliphatic rings. The van der Waals surface area contributed by atoms with Crippen LogP contribution in [0.15, 0.2) is 35.2 Å². The zero-order valence-electron chi connectivity index (χ0n) is 19.8. The molecule has 0 saturated heterocycles. The monoisotopic (exact) mass is 460 g/mol. The molecule has 0 saturated carbocycles. The Bertz CT molecular complexity index is 1120. The van der Waals surface area contributed by atoms with E-state index in [1.54, 1.807) is 39.2 Å². The molecule has 0 heterocycles. The van der Waals surface area contributed by atoms with Gasteiger partial charge in [-0.15, -0.1) is 0 Å². The lowest BCUT2D eigenvalue weighted by Crippen LogP contribution is -2.30. The number of hydrogen-bond acceptors (Lipinski definition) is 5. The Morgan fingerprint density at radius 2 is 1.72 bits per heavy atom. The van der Waals surface area contributed by atoms with E-state index in [2.05, 4.69) is 5.32 Å². The predicted molar refractivity (Wildman–Crippen MR) is 128 cm³/mol. The van der Waals surface area contributed by atoms with Crippen molar-refractivity contribution in [1.82, 2.24) is 4.31 Å². The number of amides is 1. The van der Waals surface area contributed by atoms with Crippen molar-refractivity contribution in [2.45, 2.75) is 39.5 Å². The van der Waals surface area contributed by atoms with Crippen molar-refractivity contribution in [1.29, 1.82) is 0 Å². The molecule has 0 fully saturated rings. The zero-order chi connectivity index (χ0) is 24.1. The summed E-state index contributed by atoms with van der Waals surface area (Å²) >= 11 is 0. The van der Waals surface area contributed by atoms with E-state index in [0.29, 0.717) is 41.4 Å². The fourth-order valence-electron chi connectivity index (χ4n) is 3.44. The van der Waals surface area contributed by atoms with Crippen LogP contribution in [0.2, 0.25) is 0 Å². The summed E-state index contributed by atoms with van der Waals surface area (Å²) in [5, 5.41) is 2.87. The van der Waals surface area contributed by atoms with Crippen LogP contribution in [0.25, 0.3) is 6.08 Å². The van der Waals surface area contributed by atoms with Crippen molar-refractivity contribution in [3.05, 3.63) is 52.6 Å². The minimum Gasteiger partial charge on any atom is -0.493 e. The first-order valence-corrected chi connectivity index (χ1v) is 11.9. The van der Waals surface area contributed by atoms with Gasteiger partial charge >= 0.3 is 0 Å². The zero-order valence-corrected chi connectivity index (χ0v) is 20.6. The van der Waals surface area contributed by atoms with Gasteiger partial charge < -0.3 is 14.8 Å². The number of aryl methyl sites for hydroxylation is 1. The summed E-state index contributed by atoms with van der Waals surface area (Å²) in [4.78, 5) is 13.3. The van der Waals surface area contributed by atoms with E-state index in [9.17, 15) is 13.2 Å². The number of carbonyl (C=O) groups excluding carboxylic acids is 1. The number of nitrogens with one attached hydrogen (secondary N) is 1. The van der Waals surface area contributed by atoms with Gasteiger partial charge in [-0.1, -0.05) is 26.0 Å². The summed E-state index contributed by atoms with van der Waals surface area (Å²) < 4.78 is 38.2. The molecule has 0 bridgehead atoms. The van der Waals surface area contributed by atoms with Gasteiger partial charge in [0.25, 0.3) is 5.91 Å². The maximum absolute atomic E-state index is 13.1. The molecule has 0 aliphatic carbocycles. The number of anilines is 1. The Balaban J connectivity index is 2.53. The van der Waals surface area contributed by atoms with E-state index < -0.39 is 10.0 Å². The van der Waals surface area contributed by atoms with Crippen LogP contribution in [0.3, 0.4) is 0 Å². The third kappa shape index (κ3) is 5.14. The van der Waals surface area contributed by atoms with E-state index in [-0.39, 0.29) is 10.8 Å². The number of nitrogens with zero attached hydrogens (tertiary/aromatic N) is 1. The SMILES string of the molecule is C/C=C/c1cc(C(=O)Nc2cc(S(=O)(=O)N(CC)CC)cc(C)c2C)cc(OC)c1OC. The van der Waals surface area contributed by atoms with Gasteiger partial charge in [0.05, 0.1) is 19.1 Å². The van der Waals surface area contributed by atoms with Crippen LogP contribution in [0.5, 0.6) is 11.5 Å². The summed E-state index contributed by atoms with van der Waals surface area (Å²) in [7, 11) is -0.613. The number of ether oxygens (including phenoxy) is 2. The smallest absolute Gasteiger partial charge is 0.255 e. The first-order valence-electron chi connectivity index (χ1n) is 10.5. The summed E-state index contributed by atoms with van der Waals surface area (Å²) in [6.45, 7) is 9.87. The van der Waals surface area contributed by atoms with E-state index in [0.717, 1.165) is 11.1 Å². The standard InChI is InChI=1S/C24H32N2O5S/c1-8-11-18-13-19(14-22(30-6)23(18)31-7)24(27)25-21-15-20(12-16(4)17(21)5)32(28,29)26(9-2)10-3/h8,11-15H,9-10H2,1-7H3,(H,25,27)/b11-8+. The molecule has 1 amide bonds. The number of allylic oxidation sites excluding steroid dienone is 1. The second-order valence-electron chi connectivity index (χ2n) is 7.26. The van der Waals surface area contributed by atoms with Gasteiger partial charge in [-0.25, -0.2) is 8.42 Å². The lowest BCUT2D eigenvalue weighted by atomic mass is 10.1. The minimum absolute atomic E-state index is 0.154. The number of sulfonamides is 1. The molecule has 0 spiro atoms. The molecule has 1 N–H and O–H groups in total. The molecule has 0 aliphatic heterocycles. The highest BCUT2D eigenvalue weighted by Gasteiger charge is 2.24. The molecule has 0 aromatic heterocycles. The molecule has 7 nitrogen and oxygen atoms in total. The maximum atomic E-state index is 13.1. The maximum Gasteiger partial charge on any atom is 0.255 e. The van der Waals surface area contributed by atoms with Crippen LogP contribution in [0.4, 0.5) is 5.69 Å². The normalized spacial score (nSPS) is 11.8. The Morgan fingerprint density at radius 1 is 1.06 bits per heavy atom. The summed E-state index contributed by atoms with van der Waals surface area (Å²) in [5.41, 5.74) is 3.08. The number of benzene rings is 2. The highest BCUT2D eigenvalue weighted by atomic mass is 32.2. The average molecular weight is 461 g/mol. The molecule has 2 aromatic rings. The molecular weight excluding hydrogens is 428 g/mol. The minimum atomic E-state index is -3.66. The van der Waals surface area contributed by atoms with Gasteiger partial charge in [0, 0.05) is 29.9 Å². The van der Waals surface area contributed by atoms with Crippen molar-refractivity contribution in [3.8, 4) is 11.5 Å². The molecule has 2 rings (SSSR count). The number of carbonyl (C=O) groups is 1. The van der Waals surface area contributed by atoms with Crippen LogP contribution in [-0.2, 0) is 10.0 Å². The number of methoxy groups -OCH3 is 2. The fraction of sp³-hybridized carbons (Fsp3) is 0.375. The van der Waals surface area contributed by atoms with Gasteiger partial charge in [-0.05, 0) is 56.2 Å². The fourth-order valence-corrected chi connectivity index (χ4v) is 5.01. The second kappa shape index (κ2) is 10.7. The Labute approximate surface area is 191 Å². The first kappa shape index (κ1) is 25.4. The first-order chi connectivity index (χ1) is 15.1. The van der Waals surface area contributed by atoms with Crippen molar-refractivity contribution < 1.29 is 22.7 Å². The molecular formula is C24H32N2O5S. The van der Waals surface area contributed by atoms with Gasteiger partial charge in [0.2, 0.25) is 10.0 Å². The largest absolute Gasteiger partial charge is 0.493 e. The summed E-state index contributed by atoms with van der Waals surface area (Å²) in [6.07, 6.45) is 3.67. The van der Waals surface area contributed by atoms with Crippen LogP contribution in [-0.4, -0.2) is 45.9 Å². The lowest BCUT2D eigenvalue weighted by molar-refractivity contribution is 0.102. The topological polar surface area (TPSA) is 84.9 Å². The van der Waals surface area contributed by atoms with Crippen molar-refractivity contribution in [2.24, 2.45) is 0 Å². The van der Waals surface area contributed by atoms with Gasteiger partial charge in [0.15, 0.2) is 11.5 Å². The molecule has 0 atom stereocenters. The van der Waals surface area contributed by atoms with Crippen molar-refractivity contribution in [3.63, 3.8) is 0 Å². The van der Waals surface area contributed by atoms with Gasteiger partial charge in [-0.3, -0.25) is 4.79 Å². The average Bonchev–Trinajstić information content (AvgIpc) is 2.76. The quantitative estimate of drug-likeness (QED) is 0.589. The molecule has 8 heteroatoms. The van der Waals surface area contributed by atoms with E-state index >= 15 is 0 Å². The van der Waals surface area contributed by atoms with Crippen molar-refractivity contribution in [2.75, 3.05) is 32.6 Å². The van der Waals surface area contributed by atoms with Crippen LogP contribution >= 0.6 is 0 Å². The van der Waals surface area contributed by atoms with Crippen LogP contribution < -0.4 is 14.8 Å². The highest BCUT2D eigenvalue weighted by molar-refractivity contribution is 7.89. The second-order valence-corrected chi connectivity index (χ2v) is 9.20. The van der Waals surface area contributed by atoms with E-state index in [1.165, 1.54) is 17.5 Å². The molecule has 2 aromatic carbocycles. The predicted octanol–water partition coefficient (Wildman–Crippen LogP) is 4.64. The van der Waals surface area contributed by atoms with Crippen LogP contribution in [0.1, 0.15) is 47.8 Å². The molecule has 0 radical (unpaired) electrons. The lowest BCUT2D eigenvalue weighted by Gasteiger charge is -2.20. The number of rotatable bonds is 9. The van der Waals surface area contributed by atoms with Crippen LogP contribution in [0, 0.1) is 13.8 Å². The Hall–Kier alpha value is -2.84. The molecule has 0 unspecified atom stereocenters. The summed E-state index contributed by atoms with van der Waals surface area (Å²) in [5.74, 6) is 0.581. The molecule has 174 valence electrons. The summed E-state index contributed by atoms with van der Waals surface area (Å²) in [6, 6.07) is 6.45. The Kier molecular flexibility index (Phi) is 8.46.